The van der Waals surface area contributed by atoms with E-state index in [1.165, 1.54) is 24.3 Å². The second-order valence-electron chi connectivity index (χ2n) is 8.06. The van der Waals surface area contributed by atoms with Crippen molar-refractivity contribution < 1.29 is 36.2 Å². The van der Waals surface area contributed by atoms with E-state index in [9.17, 15) is 26.4 Å². The number of hydrogen-bond acceptors (Lipinski definition) is 4. The number of anilines is 1. The Morgan fingerprint density at radius 3 is 2.22 bits per heavy atom. The first-order valence-corrected chi connectivity index (χ1v) is 12.7. The molecular formula is C26H26F3NO5S. The molecule has 0 aliphatic heterocycles. The fourth-order valence-corrected chi connectivity index (χ4v) is 5.38. The van der Waals surface area contributed by atoms with Gasteiger partial charge < -0.3 is 9.84 Å². The van der Waals surface area contributed by atoms with Crippen LogP contribution in [0.1, 0.15) is 41.3 Å². The van der Waals surface area contributed by atoms with Gasteiger partial charge >= 0.3 is 12.3 Å². The lowest BCUT2D eigenvalue weighted by atomic mass is 10.0. The van der Waals surface area contributed by atoms with Crippen molar-refractivity contribution in [3.05, 3.63) is 89.5 Å². The van der Waals surface area contributed by atoms with E-state index in [1.807, 2.05) is 6.92 Å². The Kier molecular flexibility index (Phi) is 8.62. The van der Waals surface area contributed by atoms with Crippen LogP contribution in [0.15, 0.2) is 77.7 Å². The van der Waals surface area contributed by atoms with E-state index in [4.69, 9.17) is 5.11 Å². The van der Waals surface area contributed by atoms with Gasteiger partial charge in [-0.05, 0) is 60.7 Å². The highest BCUT2D eigenvalue weighted by atomic mass is 32.2. The summed E-state index contributed by atoms with van der Waals surface area (Å²) in [6, 6.07) is 17.9. The maximum absolute atomic E-state index is 13.7. The molecular weight excluding hydrogens is 495 g/mol. The number of aromatic carboxylic acids is 1. The highest BCUT2D eigenvalue weighted by molar-refractivity contribution is 7.93. The number of nitrogens with zero attached hydrogens (tertiary/aromatic N) is 1. The summed E-state index contributed by atoms with van der Waals surface area (Å²) in [5.41, 5.74) is 2.08. The third-order valence-electron chi connectivity index (χ3n) is 5.50. The molecule has 0 saturated heterocycles. The van der Waals surface area contributed by atoms with Crippen LogP contribution in [0, 0.1) is 0 Å². The van der Waals surface area contributed by atoms with Crippen molar-refractivity contribution in [2.75, 3.05) is 10.8 Å². The van der Waals surface area contributed by atoms with Crippen LogP contribution in [0.2, 0.25) is 0 Å². The molecule has 0 amide bonds. The molecule has 3 aromatic rings. The minimum atomic E-state index is -5.05. The number of carboxylic acids is 1. The summed E-state index contributed by atoms with van der Waals surface area (Å²) in [5, 5.41) is 9.07. The lowest BCUT2D eigenvalue weighted by Crippen LogP contribution is -2.33. The minimum absolute atomic E-state index is 0.0729. The van der Waals surface area contributed by atoms with Crippen molar-refractivity contribution >= 4 is 21.7 Å². The van der Waals surface area contributed by atoms with Crippen molar-refractivity contribution in [3.63, 3.8) is 0 Å². The second kappa shape index (κ2) is 11.5. The van der Waals surface area contributed by atoms with Crippen LogP contribution in [0.4, 0.5) is 18.9 Å². The molecule has 0 aromatic heterocycles. The molecule has 0 unspecified atom stereocenters. The van der Waals surface area contributed by atoms with E-state index >= 15 is 0 Å². The van der Waals surface area contributed by atoms with Crippen molar-refractivity contribution in [2.24, 2.45) is 0 Å². The van der Waals surface area contributed by atoms with Gasteiger partial charge in [-0.15, -0.1) is 13.2 Å². The third kappa shape index (κ3) is 6.78. The number of carbonyl (C=O) groups is 1. The third-order valence-corrected chi connectivity index (χ3v) is 7.35. The molecule has 0 heterocycles. The Labute approximate surface area is 208 Å². The fraction of sp³-hybridized carbons (Fsp3) is 0.269. The zero-order chi connectivity index (χ0) is 26.3. The number of alkyl halides is 3. The van der Waals surface area contributed by atoms with E-state index in [-0.39, 0.29) is 12.1 Å². The first kappa shape index (κ1) is 27.1. The minimum Gasteiger partial charge on any atom is -0.478 e. The van der Waals surface area contributed by atoms with E-state index in [0.29, 0.717) is 36.9 Å². The Morgan fingerprint density at radius 1 is 0.944 bits per heavy atom. The molecule has 10 heteroatoms. The van der Waals surface area contributed by atoms with Crippen molar-refractivity contribution in [1.29, 1.82) is 0 Å². The maximum atomic E-state index is 13.7. The summed E-state index contributed by atoms with van der Waals surface area (Å²) in [5.74, 6) is -1.82. The molecule has 0 radical (unpaired) electrons. The van der Waals surface area contributed by atoms with E-state index in [0.717, 1.165) is 22.0 Å². The average Bonchev–Trinajstić information content (AvgIpc) is 2.83. The van der Waals surface area contributed by atoms with E-state index in [1.54, 1.807) is 36.4 Å². The fourth-order valence-electron chi connectivity index (χ4n) is 3.72. The number of unbranched alkanes of at least 4 members (excludes halogenated alkanes) is 1. The summed E-state index contributed by atoms with van der Waals surface area (Å²) in [7, 11) is -4.41. The molecule has 3 aromatic carbocycles. The average molecular weight is 522 g/mol. The molecule has 0 fully saturated rings. The lowest BCUT2D eigenvalue weighted by Gasteiger charge is -2.27. The van der Waals surface area contributed by atoms with Crippen LogP contribution in [-0.2, 0) is 22.9 Å². The SMILES string of the molecule is CCCCN(c1ccccc1CCc1ccc(C(=O)O)cc1)S(=O)(=O)c1ccccc1OC(F)(F)F. The predicted octanol–water partition coefficient (Wildman–Crippen LogP) is 6.06. The van der Waals surface area contributed by atoms with Gasteiger partial charge in [-0.3, -0.25) is 4.31 Å². The van der Waals surface area contributed by atoms with Gasteiger partial charge in [-0.25, -0.2) is 13.2 Å². The Balaban J connectivity index is 1.97. The van der Waals surface area contributed by atoms with Crippen LogP contribution < -0.4 is 9.04 Å². The summed E-state index contributed by atoms with van der Waals surface area (Å²) in [6.45, 7) is 1.96. The standard InChI is InChI=1S/C26H26F3NO5S/c1-2-3-18-30(36(33,34)24-11-7-6-10-23(24)35-26(27,28)29)22-9-5-4-8-20(22)15-12-19-13-16-21(17-14-19)25(31)32/h4-11,13-14,16-17H,2-3,12,15,18H2,1H3,(H,31,32). The lowest BCUT2D eigenvalue weighted by molar-refractivity contribution is -0.275. The molecule has 36 heavy (non-hydrogen) atoms. The molecule has 0 atom stereocenters. The molecule has 3 rings (SSSR count). The Bertz CT molecular complexity index is 1290. The van der Waals surface area contributed by atoms with Gasteiger partial charge in [0.1, 0.15) is 10.6 Å². The first-order chi connectivity index (χ1) is 17.0. The zero-order valence-electron chi connectivity index (χ0n) is 19.5. The van der Waals surface area contributed by atoms with Crippen LogP contribution in [0.5, 0.6) is 5.75 Å². The molecule has 6 nitrogen and oxygen atoms in total. The monoisotopic (exact) mass is 521 g/mol. The van der Waals surface area contributed by atoms with Gasteiger partial charge in [0.2, 0.25) is 0 Å². The first-order valence-electron chi connectivity index (χ1n) is 11.3. The van der Waals surface area contributed by atoms with Gasteiger partial charge in [0.25, 0.3) is 10.0 Å². The van der Waals surface area contributed by atoms with Gasteiger partial charge in [-0.2, -0.15) is 0 Å². The molecule has 0 bridgehead atoms. The van der Waals surface area contributed by atoms with Crippen LogP contribution >= 0.6 is 0 Å². The van der Waals surface area contributed by atoms with Gasteiger partial charge in [-0.1, -0.05) is 55.8 Å². The van der Waals surface area contributed by atoms with Gasteiger partial charge in [0.05, 0.1) is 11.3 Å². The number of ether oxygens (including phenoxy) is 1. The number of para-hydroxylation sites is 2. The number of benzene rings is 3. The summed E-state index contributed by atoms with van der Waals surface area (Å²) in [6.07, 6.45) is -2.95. The normalized spacial score (nSPS) is 11.8. The number of sulfonamides is 1. The molecule has 0 aliphatic rings. The van der Waals surface area contributed by atoms with Crippen LogP contribution in [-0.4, -0.2) is 32.4 Å². The Hall–Kier alpha value is -3.53. The number of rotatable bonds is 11. The van der Waals surface area contributed by atoms with Crippen LogP contribution in [0.25, 0.3) is 0 Å². The predicted molar refractivity (Wildman–Crippen MR) is 130 cm³/mol. The number of halogens is 3. The summed E-state index contributed by atoms with van der Waals surface area (Å²) >= 11 is 0. The van der Waals surface area contributed by atoms with Crippen molar-refractivity contribution in [3.8, 4) is 5.75 Å². The van der Waals surface area contributed by atoms with E-state index < -0.39 is 33.0 Å². The molecule has 1 N–H and O–H groups in total. The van der Waals surface area contributed by atoms with Crippen molar-refractivity contribution in [2.45, 2.75) is 43.9 Å². The summed E-state index contributed by atoms with van der Waals surface area (Å²) < 4.78 is 71.5. The zero-order valence-corrected chi connectivity index (χ0v) is 20.3. The Morgan fingerprint density at radius 2 is 1.58 bits per heavy atom. The van der Waals surface area contributed by atoms with Gasteiger partial charge in [0, 0.05) is 6.54 Å². The second-order valence-corrected chi connectivity index (χ2v) is 9.89. The highest BCUT2D eigenvalue weighted by Crippen LogP contribution is 2.35. The highest BCUT2D eigenvalue weighted by Gasteiger charge is 2.36. The molecule has 0 aliphatic carbocycles. The number of hydrogen-bond donors (Lipinski definition) is 1. The smallest absolute Gasteiger partial charge is 0.478 e. The number of aryl methyl sites for hydroxylation is 2. The maximum Gasteiger partial charge on any atom is 0.573 e. The van der Waals surface area contributed by atoms with E-state index in [2.05, 4.69) is 4.74 Å². The summed E-state index contributed by atoms with van der Waals surface area (Å²) in [4.78, 5) is 10.5. The molecule has 0 spiro atoms. The van der Waals surface area contributed by atoms with Crippen LogP contribution in [0.3, 0.4) is 0 Å². The van der Waals surface area contributed by atoms with Gasteiger partial charge in [0.15, 0.2) is 0 Å². The molecule has 0 saturated carbocycles. The number of carboxylic acid groups (broad SMARTS) is 1. The molecule has 192 valence electrons. The largest absolute Gasteiger partial charge is 0.573 e. The quantitative estimate of drug-likeness (QED) is 0.331. The topological polar surface area (TPSA) is 83.9 Å². The van der Waals surface area contributed by atoms with Crippen molar-refractivity contribution in [1.82, 2.24) is 0 Å².